The number of nitrogens with zero attached hydrogens (tertiary/aromatic N) is 1. The first-order valence-corrected chi connectivity index (χ1v) is 5.98. The first-order valence-electron chi connectivity index (χ1n) is 5.98. The van der Waals surface area contributed by atoms with Crippen LogP contribution in [-0.4, -0.2) is 29.8 Å². The lowest BCUT2D eigenvalue weighted by Crippen LogP contribution is -1.99. The Bertz CT molecular complexity index is 547. The van der Waals surface area contributed by atoms with Gasteiger partial charge >= 0.3 is 5.97 Å². The largest absolute Gasteiger partial charge is 0.477 e. The highest BCUT2D eigenvalue weighted by Gasteiger charge is 2.04. The summed E-state index contributed by atoms with van der Waals surface area (Å²) >= 11 is 0. The number of aromatic carboxylic acids is 1. The standard InChI is InChI=1S/C15H15NO3/c1-19-9-8-11-2-4-12(5-3-11)13-6-7-14(15(17)18)16-10-13/h2-7,10H,8-9H2,1H3,(H,17,18). The molecule has 0 spiro atoms. The van der Waals surface area contributed by atoms with Crippen molar-refractivity contribution in [3.8, 4) is 11.1 Å². The summed E-state index contributed by atoms with van der Waals surface area (Å²) < 4.78 is 5.03. The van der Waals surface area contributed by atoms with Crippen LogP contribution < -0.4 is 0 Å². The van der Waals surface area contributed by atoms with E-state index >= 15 is 0 Å². The summed E-state index contributed by atoms with van der Waals surface area (Å²) in [6.07, 6.45) is 2.46. The van der Waals surface area contributed by atoms with Crippen LogP contribution in [0.5, 0.6) is 0 Å². The second-order valence-corrected chi connectivity index (χ2v) is 4.18. The zero-order valence-electron chi connectivity index (χ0n) is 10.7. The molecule has 2 aromatic rings. The number of benzene rings is 1. The van der Waals surface area contributed by atoms with E-state index < -0.39 is 5.97 Å². The lowest BCUT2D eigenvalue weighted by Gasteiger charge is -2.04. The molecule has 1 heterocycles. The Balaban J connectivity index is 2.15. The summed E-state index contributed by atoms with van der Waals surface area (Å²) in [5, 5.41) is 8.79. The second-order valence-electron chi connectivity index (χ2n) is 4.18. The summed E-state index contributed by atoms with van der Waals surface area (Å²) in [6, 6.07) is 11.4. The molecule has 0 aliphatic heterocycles. The number of pyridine rings is 1. The SMILES string of the molecule is COCCc1ccc(-c2ccc(C(=O)O)nc2)cc1. The highest BCUT2D eigenvalue weighted by atomic mass is 16.5. The maximum Gasteiger partial charge on any atom is 0.354 e. The molecule has 0 amide bonds. The highest BCUT2D eigenvalue weighted by Crippen LogP contribution is 2.19. The minimum Gasteiger partial charge on any atom is -0.477 e. The molecule has 4 heteroatoms. The van der Waals surface area contributed by atoms with Gasteiger partial charge in [0, 0.05) is 18.9 Å². The summed E-state index contributed by atoms with van der Waals surface area (Å²) in [4.78, 5) is 14.6. The van der Waals surface area contributed by atoms with Crippen molar-refractivity contribution in [1.82, 2.24) is 4.98 Å². The molecule has 1 N–H and O–H groups in total. The normalized spacial score (nSPS) is 10.4. The van der Waals surface area contributed by atoms with Gasteiger partial charge in [-0.1, -0.05) is 30.3 Å². The van der Waals surface area contributed by atoms with Crippen molar-refractivity contribution in [3.63, 3.8) is 0 Å². The third kappa shape index (κ3) is 3.39. The number of methoxy groups -OCH3 is 1. The van der Waals surface area contributed by atoms with Crippen LogP contribution in [-0.2, 0) is 11.2 Å². The van der Waals surface area contributed by atoms with E-state index in [1.165, 1.54) is 11.6 Å². The van der Waals surface area contributed by atoms with E-state index in [9.17, 15) is 4.79 Å². The first-order chi connectivity index (χ1) is 9.20. The molecule has 0 bridgehead atoms. The number of hydrogen-bond donors (Lipinski definition) is 1. The monoisotopic (exact) mass is 257 g/mol. The van der Waals surface area contributed by atoms with Crippen molar-refractivity contribution >= 4 is 5.97 Å². The molecule has 0 atom stereocenters. The van der Waals surface area contributed by atoms with Gasteiger partial charge in [-0.15, -0.1) is 0 Å². The van der Waals surface area contributed by atoms with Crippen molar-refractivity contribution in [2.75, 3.05) is 13.7 Å². The van der Waals surface area contributed by atoms with Crippen molar-refractivity contribution in [3.05, 3.63) is 53.9 Å². The number of carboxylic acid groups (broad SMARTS) is 1. The summed E-state index contributed by atoms with van der Waals surface area (Å²) in [5.74, 6) is -1.01. The Hall–Kier alpha value is -2.20. The minimum atomic E-state index is -1.01. The topological polar surface area (TPSA) is 59.4 Å². The molecular weight excluding hydrogens is 242 g/mol. The van der Waals surface area contributed by atoms with E-state index in [1.807, 2.05) is 24.3 Å². The second kappa shape index (κ2) is 6.11. The quantitative estimate of drug-likeness (QED) is 0.894. The van der Waals surface area contributed by atoms with Crippen molar-refractivity contribution < 1.29 is 14.6 Å². The minimum absolute atomic E-state index is 0.0560. The van der Waals surface area contributed by atoms with Gasteiger partial charge in [0.1, 0.15) is 5.69 Å². The third-order valence-corrected chi connectivity index (χ3v) is 2.86. The fourth-order valence-electron chi connectivity index (χ4n) is 1.77. The lowest BCUT2D eigenvalue weighted by atomic mass is 10.0. The van der Waals surface area contributed by atoms with Crippen LogP contribution in [0.1, 0.15) is 16.1 Å². The van der Waals surface area contributed by atoms with Crippen molar-refractivity contribution in [1.29, 1.82) is 0 Å². The van der Waals surface area contributed by atoms with Crippen LogP contribution in [0, 0.1) is 0 Å². The molecule has 0 fully saturated rings. The van der Waals surface area contributed by atoms with E-state index in [0.717, 1.165) is 17.5 Å². The summed E-state index contributed by atoms with van der Waals surface area (Å²) in [6.45, 7) is 0.703. The van der Waals surface area contributed by atoms with Gasteiger partial charge in [-0.2, -0.15) is 0 Å². The molecule has 2 rings (SSSR count). The number of hydrogen-bond acceptors (Lipinski definition) is 3. The molecule has 98 valence electrons. The molecule has 19 heavy (non-hydrogen) atoms. The zero-order chi connectivity index (χ0) is 13.7. The van der Waals surface area contributed by atoms with Crippen LogP contribution in [0.15, 0.2) is 42.6 Å². The Morgan fingerprint density at radius 3 is 2.37 bits per heavy atom. The Morgan fingerprint density at radius 2 is 1.84 bits per heavy atom. The van der Waals surface area contributed by atoms with Gasteiger partial charge in [0.15, 0.2) is 0 Å². The maximum atomic E-state index is 10.7. The Morgan fingerprint density at radius 1 is 1.16 bits per heavy atom. The predicted octanol–water partition coefficient (Wildman–Crippen LogP) is 2.64. The van der Waals surface area contributed by atoms with E-state index in [4.69, 9.17) is 9.84 Å². The van der Waals surface area contributed by atoms with Gasteiger partial charge in [0.25, 0.3) is 0 Å². The highest BCUT2D eigenvalue weighted by molar-refractivity contribution is 5.85. The van der Waals surface area contributed by atoms with Crippen molar-refractivity contribution in [2.45, 2.75) is 6.42 Å². The van der Waals surface area contributed by atoms with Crippen LogP contribution in [0.25, 0.3) is 11.1 Å². The molecule has 0 aliphatic rings. The molecule has 0 unspecified atom stereocenters. The molecule has 1 aromatic heterocycles. The molecule has 0 saturated heterocycles. The van der Waals surface area contributed by atoms with Crippen LogP contribution in [0.4, 0.5) is 0 Å². The summed E-state index contributed by atoms with van der Waals surface area (Å²) in [5.41, 5.74) is 3.19. The van der Waals surface area contributed by atoms with Crippen LogP contribution in [0.2, 0.25) is 0 Å². The molecule has 0 radical (unpaired) electrons. The Labute approximate surface area is 111 Å². The zero-order valence-corrected chi connectivity index (χ0v) is 10.7. The lowest BCUT2D eigenvalue weighted by molar-refractivity contribution is 0.0690. The fraction of sp³-hybridized carbons (Fsp3) is 0.200. The fourth-order valence-corrected chi connectivity index (χ4v) is 1.77. The van der Waals surface area contributed by atoms with Gasteiger partial charge in [0.2, 0.25) is 0 Å². The number of carboxylic acids is 1. The van der Waals surface area contributed by atoms with Gasteiger partial charge < -0.3 is 9.84 Å². The van der Waals surface area contributed by atoms with Crippen molar-refractivity contribution in [2.24, 2.45) is 0 Å². The number of aromatic nitrogens is 1. The number of rotatable bonds is 5. The Kier molecular flexibility index (Phi) is 4.26. The van der Waals surface area contributed by atoms with Crippen LogP contribution >= 0.6 is 0 Å². The molecule has 0 saturated carbocycles. The number of ether oxygens (including phenoxy) is 1. The van der Waals surface area contributed by atoms with E-state index in [-0.39, 0.29) is 5.69 Å². The van der Waals surface area contributed by atoms with Gasteiger partial charge in [0.05, 0.1) is 6.61 Å². The van der Waals surface area contributed by atoms with E-state index in [1.54, 1.807) is 19.4 Å². The van der Waals surface area contributed by atoms with Gasteiger partial charge in [-0.05, 0) is 23.6 Å². The molecule has 0 aliphatic carbocycles. The molecular formula is C15H15NO3. The third-order valence-electron chi connectivity index (χ3n) is 2.86. The average Bonchev–Trinajstić information content (AvgIpc) is 2.46. The van der Waals surface area contributed by atoms with Gasteiger partial charge in [-0.3, -0.25) is 0 Å². The number of carbonyl (C=O) groups is 1. The smallest absolute Gasteiger partial charge is 0.354 e. The summed E-state index contributed by atoms with van der Waals surface area (Å²) in [7, 11) is 1.68. The maximum absolute atomic E-state index is 10.7. The molecule has 1 aromatic carbocycles. The first kappa shape index (κ1) is 13.2. The van der Waals surface area contributed by atoms with Gasteiger partial charge in [-0.25, -0.2) is 9.78 Å². The van der Waals surface area contributed by atoms with E-state index in [0.29, 0.717) is 6.61 Å². The average molecular weight is 257 g/mol. The van der Waals surface area contributed by atoms with Crippen LogP contribution in [0.3, 0.4) is 0 Å². The predicted molar refractivity (Wildman–Crippen MR) is 72.2 cm³/mol. The van der Waals surface area contributed by atoms with E-state index in [2.05, 4.69) is 4.98 Å². The molecule has 4 nitrogen and oxygen atoms in total.